The number of fused-ring (bicyclic) bond motifs is 1. The van der Waals surface area contributed by atoms with Crippen LogP contribution < -0.4 is 4.90 Å². The molecule has 0 bridgehead atoms. The third kappa shape index (κ3) is 3.90. The summed E-state index contributed by atoms with van der Waals surface area (Å²) in [7, 11) is -3.72. The van der Waals surface area contributed by atoms with E-state index in [1.54, 1.807) is 36.5 Å². The molecular formula is C23H22N4O3S. The molecule has 0 unspecified atom stereocenters. The number of nitrogens with zero attached hydrogens (tertiary/aromatic N) is 4. The van der Waals surface area contributed by atoms with E-state index < -0.39 is 10.0 Å². The van der Waals surface area contributed by atoms with E-state index in [4.69, 9.17) is 0 Å². The third-order valence-electron chi connectivity index (χ3n) is 5.53. The molecule has 0 spiro atoms. The number of para-hydroxylation sites is 1. The van der Waals surface area contributed by atoms with Crippen LogP contribution in [0.15, 0.2) is 53.6 Å². The number of aromatic nitrogens is 1. The maximum absolute atomic E-state index is 13.4. The molecule has 2 aromatic carbocycles. The molecule has 8 heteroatoms. The third-order valence-corrected chi connectivity index (χ3v) is 7.46. The van der Waals surface area contributed by atoms with Crippen molar-refractivity contribution in [2.24, 2.45) is 0 Å². The van der Waals surface area contributed by atoms with Gasteiger partial charge < -0.3 is 4.90 Å². The van der Waals surface area contributed by atoms with Crippen molar-refractivity contribution in [2.75, 3.05) is 31.1 Å². The summed E-state index contributed by atoms with van der Waals surface area (Å²) in [6.07, 6.45) is 1.67. The molecule has 1 fully saturated rings. The van der Waals surface area contributed by atoms with Crippen molar-refractivity contribution < 1.29 is 13.2 Å². The van der Waals surface area contributed by atoms with Gasteiger partial charge in [0.15, 0.2) is 5.78 Å². The number of aryl methyl sites for hydroxylation is 1. The molecule has 0 saturated carbocycles. The lowest BCUT2D eigenvalue weighted by Gasteiger charge is -2.36. The highest BCUT2D eigenvalue weighted by molar-refractivity contribution is 7.89. The second-order valence-corrected chi connectivity index (χ2v) is 9.54. The molecular weight excluding hydrogens is 412 g/mol. The number of piperazine rings is 1. The van der Waals surface area contributed by atoms with Gasteiger partial charge in [0.25, 0.3) is 0 Å². The monoisotopic (exact) mass is 434 g/mol. The summed E-state index contributed by atoms with van der Waals surface area (Å²) in [5, 5.41) is 10.2. The number of Topliss-reactive ketones (excluding diaryl/α,β-unsaturated/α-hetero) is 1. The predicted molar refractivity (Wildman–Crippen MR) is 119 cm³/mol. The van der Waals surface area contributed by atoms with Crippen molar-refractivity contribution in [1.82, 2.24) is 9.29 Å². The Morgan fingerprint density at radius 2 is 1.84 bits per heavy atom. The summed E-state index contributed by atoms with van der Waals surface area (Å²) in [5.74, 6) is -0.0781. The number of sulfonamides is 1. The number of carbonyl (C=O) groups excluding carboxylic acids is 1. The Hall–Kier alpha value is -3.28. The molecule has 31 heavy (non-hydrogen) atoms. The maximum atomic E-state index is 13.4. The van der Waals surface area contributed by atoms with Crippen LogP contribution in [0, 0.1) is 18.3 Å². The van der Waals surface area contributed by atoms with E-state index in [0.29, 0.717) is 35.4 Å². The average Bonchev–Trinajstić information content (AvgIpc) is 2.78. The second-order valence-electron chi connectivity index (χ2n) is 7.63. The van der Waals surface area contributed by atoms with E-state index in [1.165, 1.54) is 11.2 Å². The second kappa shape index (κ2) is 8.10. The molecule has 158 valence electrons. The number of pyridine rings is 1. The van der Waals surface area contributed by atoms with E-state index in [1.807, 2.05) is 24.0 Å². The van der Waals surface area contributed by atoms with Gasteiger partial charge in [-0.3, -0.25) is 9.78 Å². The highest BCUT2D eigenvalue weighted by Crippen LogP contribution is 2.28. The number of hydrogen-bond donors (Lipinski definition) is 0. The van der Waals surface area contributed by atoms with Crippen molar-refractivity contribution in [1.29, 1.82) is 5.26 Å². The molecule has 0 radical (unpaired) electrons. The summed E-state index contributed by atoms with van der Waals surface area (Å²) >= 11 is 0. The minimum Gasteiger partial charge on any atom is -0.368 e. The Kier molecular flexibility index (Phi) is 5.48. The lowest BCUT2D eigenvalue weighted by atomic mass is 10.1. The van der Waals surface area contributed by atoms with Crippen molar-refractivity contribution in [2.45, 2.75) is 18.7 Å². The zero-order valence-electron chi connectivity index (χ0n) is 17.4. The number of carbonyl (C=O) groups is 1. The first-order valence-corrected chi connectivity index (χ1v) is 11.4. The minimum absolute atomic E-state index is 0.0781. The summed E-state index contributed by atoms with van der Waals surface area (Å²) in [5.41, 5.74) is 3.10. The SMILES string of the molecule is CC(=O)c1ccc(C#N)c(N2CCN(S(=O)(=O)c3cccc4cc(C)cnc34)CC2)c1. The van der Waals surface area contributed by atoms with Gasteiger partial charge >= 0.3 is 0 Å². The average molecular weight is 435 g/mol. The fourth-order valence-corrected chi connectivity index (χ4v) is 5.45. The largest absolute Gasteiger partial charge is 0.368 e. The first kappa shape index (κ1) is 21.0. The topological polar surface area (TPSA) is 94.4 Å². The Labute approximate surface area is 181 Å². The van der Waals surface area contributed by atoms with Gasteiger partial charge in [-0.05, 0) is 49.7 Å². The fourth-order valence-electron chi connectivity index (χ4n) is 3.87. The van der Waals surface area contributed by atoms with Crippen LogP contribution in [0.3, 0.4) is 0 Å². The lowest BCUT2D eigenvalue weighted by Crippen LogP contribution is -2.49. The van der Waals surface area contributed by atoms with Crippen LogP contribution in [0.5, 0.6) is 0 Å². The molecule has 0 amide bonds. The number of hydrogen-bond acceptors (Lipinski definition) is 6. The molecule has 0 aliphatic carbocycles. The van der Waals surface area contributed by atoms with Crippen molar-refractivity contribution >= 4 is 32.4 Å². The smallest absolute Gasteiger partial charge is 0.245 e. The molecule has 1 saturated heterocycles. The van der Waals surface area contributed by atoms with Crippen molar-refractivity contribution in [3.63, 3.8) is 0 Å². The minimum atomic E-state index is -3.72. The standard InChI is InChI=1S/C23H22N4O3S/c1-16-12-19-4-3-5-22(23(19)25-15-16)31(29,30)27-10-8-26(9-11-27)21-13-18(17(2)28)6-7-20(21)14-24/h3-7,12-13,15H,8-11H2,1-2H3. The van der Waals surface area contributed by atoms with E-state index in [0.717, 1.165) is 10.9 Å². The quantitative estimate of drug-likeness (QED) is 0.586. The van der Waals surface area contributed by atoms with Crippen molar-refractivity contribution in [3.8, 4) is 6.07 Å². The van der Waals surface area contributed by atoms with Crippen LogP contribution in [-0.4, -0.2) is 49.7 Å². The molecule has 4 rings (SSSR count). The van der Waals surface area contributed by atoms with Crippen LogP contribution in [0.1, 0.15) is 28.4 Å². The molecule has 1 aliphatic heterocycles. The summed E-state index contributed by atoms with van der Waals surface area (Å²) in [6.45, 7) is 4.80. The molecule has 1 aliphatic rings. The Morgan fingerprint density at radius 3 is 2.52 bits per heavy atom. The predicted octanol–water partition coefficient (Wildman–Crippen LogP) is 3.13. The van der Waals surface area contributed by atoms with Crippen LogP contribution in [0.25, 0.3) is 10.9 Å². The van der Waals surface area contributed by atoms with Gasteiger partial charge in [-0.25, -0.2) is 8.42 Å². The van der Waals surface area contributed by atoms with Gasteiger partial charge in [-0.2, -0.15) is 9.57 Å². The zero-order valence-corrected chi connectivity index (χ0v) is 18.2. The maximum Gasteiger partial charge on any atom is 0.245 e. The number of benzene rings is 2. The summed E-state index contributed by atoms with van der Waals surface area (Å²) in [6, 6.07) is 14.3. The van der Waals surface area contributed by atoms with Gasteiger partial charge in [0, 0.05) is 43.3 Å². The zero-order chi connectivity index (χ0) is 22.2. The molecule has 2 heterocycles. The van der Waals surface area contributed by atoms with Gasteiger partial charge in [0.05, 0.1) is 16.8 Å². The Balaban J connectivity index is 1.61. The number of rotatable bonds is 4. The van der Waals surface area contributed by atoms with Crippen LogP contribution >= 0.6 is 0 Å². The van der Waals surface area contributed by atoms with Gasteiger partial charge in [-0.1, -0.05) is 12.1 Å². The number of anilines is 1. The highest BCUT2D eigenvalue weighted by atomic mass is 32.2. The first-order chi connectivity index (χ1) is 14.8. The Morgan fingerprint density at radius 1 is 1.10 bits per heavy atom. The van der Waals surface area contributed by atoms with Crippen LogP contribution in [0.2, 0.25) is 0 Å². The fraction of sp³-hybridized carbons (Fsp3) is 0.261. The molecule has 3 aromatic rings. The van der Waals surface area contributed by atoms with Crippen LogP contribution in [0.4, 0.5) is 5.69 Å². The molecule has 1 aromatic heterocycles. The summed E-state index contributed by atoms with van der Waals surface area (Å²) in [4.78, 5) is 18.3. The van der Waals surface area contributed by atoms with E-state index in [2.05, 4.69) is 11.1 Å². The van der Waals surface area contributed by atoms with E-state index in [-0.39, 0.29) is 23.8 Å². The van der Waals surface area contributed by atoms with Crippen LogP contribution in [-0.2, 0) is 10.0 Å². The van der Waals surface area contributed by atoms with Crippen molar-refractivity contribution in [3.05, 3.63) is 65.4 Å². The molecule has 7 nitrogen and oxygen atoms in total. The number of nitriles is 1. The molecule has 0 atom stereocenters. The molecule has 0 N–H and O–H groups in total. The Bertz CT molecular complexity index is 1320. The van der Waals surface area contributed by atoms with E-state index in [9.17, 15) is 18.5 Å². The van der Waals surface area contributed by atoms with Gasteiger partial charge in [0.1, 0.15) is 11.0 Å². The van der Waals surface area contributed by atoms with Gasteiger partial charge in [0.2, 0.25) is 10.0 Å². The summed E-state index contributed by atoms with van der Waals surface area (Å²) < 4.78 is 28.2. The highest BCUT2D eigenvalue weighted by Gasteiger charge is 2.31. The first-order valence-electron chi connectivity index (χ1n) is 9.97. The lowest BCUT2D eigenvalue weighted by molar-refractivity contribution is 0.101. The normalized spacial score (nSPS) is 15.1. The number of ketones is 1. The van der Waals surface area contributed by atoms with E-state index >= 15 is 0 Å². The van der Waals surface area contributed by atoms with Gasteiger partial charge in [-0.15, -0.1) is 0 Å².